The maximum atomic E-state index is 12.2. The lowest BCUT2D eigenvalue weighted by atomic mass is 10.2. The number of anilines is 1. The summed E-state index contributed by atoms with van der Waals surface area (Å²) in [4.78, 5) is 27.0. The van der Waals surface area contributed by atoms with Gasteiger partial charge in [0.2, 0.25) is 5.91 Å². The first-order valence-electron chi connectivity index (χ1n) is 7.09. The number of nitrogens with one attached hydrogen (secondary N) is 2. The number of nitrogens with zero attached hydrogens (tertiary/aromatic N) is 1. The first-order valence-corrected chi connectivity index (χ1v) is 7.09. The van der Waals surface area contributed by atoms with E-state index in [1.54, 1.807) is 6.07 Å². The Hall–Kier alpha value is -3.10. The summed E-state index contributed by atoms with van der Waals surface area (Å²) in [6, 6.07) is 8.14. The molecule has 25 heavy (non-hydrogen) atoms. The molecule has 0 saturated carbocycles. The van der Waals surface area contributed by atoms with Gasteiger partial charge in [-0.1, -0.05) is 12.1 Å². The number of benzene rings is 1. The molecule has 2 N–H and O–H groups in total. The van der Waals surface area contributed by atoms with Crippen molar-refractivity contribution >= 4 is 17.6 Å². The van der Waals surface area contributed by atoms with E-state index in [4.69, 9.17) is 0 Å². The number of halogens is 3. The van der Waals surface area contributed by atoms with Crippen molar-refractivity contribution in [1.29, 1.82) is 0 Å². The molecule has 0 atom stereocenters. The summed E-state index contributed by atoms with van der Waals surface area (Å²) >= 11 is 0. The zero-order valence-corrected chi connectivity index (χ0v) is 13.1. The highest BCUT2D eigenvalue weighted by molar-refractivity contribution is 5.96. The van der Waals surface area contributed by atoms with Gasteiger partial charge in [-0.05, 0) is 29.8 Å². The Morgan fingerprint density at radius 1 is 1.20 bits per heavy atom. The molecule has 1 heterocycles. The lowest BCUT2D eigenvalue weighted by Gasteiger charge is -2.11. The predicted molar refractivity (Wildman–Crippen MR) is 82.8 cm³/mol. The smallest absolute Gasteiger partial charge is 0.406 e. The van der Waals surface area contributed by atoms with Gasteiger partial charge in [0.05, 0.1) is 0 Å². The second-order valence-corrected chi connectivity index (χ2v) is 4.99. The fourth-order valence-electron chi connectivity index (χ4n) is 1.96. The van der Waals surface area contributed by atoms with Crippen molar-refractivity contribution in [2.45, 2.75) is 19.8 Å². The first kappa shape index (κ1) is 18.2. The Kier molecular flexibility index (Phi) is 5.58. The molecule has 0 bridgehead atoms. The Bertz CT molecular complexity index is 778. The fourth-order valence-corrected chi connectivity index (χ4v) is 1.96. The van der Waals surface area contributed by atoms with Crippen LogP contribution < -0.4 is 15.4 Å². The summed E-state index contributed by atoms with van der Waals surface area (Å²) < 4.78 is 40.5. The van der Waals surface area contributed by atoms with Crippen molar-refractivity contribution in [3.8, 4) is 5.75 Å². The van der Waals surface area contributed by atoms with Gasteiger partial charge in [-0.25, -0.2) is 4.98 Å². The number of carbonyl (C=O) groups is 2. The van der Waals surface area contributed by atoms with Crippen LogP contribution in [0, 0.1) is 0 Å². The largest absolute Gasteiger partial charge is 0.573 e. The minimum Gasteiger partial charge on any atom is -0.406 e. The monoisotopic (exact) mass is 353 g/mol. The summed E-state index contributed by atoms with van der Waals surface area (Å²) in [7, 11) is 0. The Labute approximate surface area is 141 Å². The molecule has 2 aromatic rings. The molecule has 0 radical (unpaired) electrons. The third-order valence-electron chi connectivity index (χ3n) is 2.91. The van der Waals surface area contributed by atoms with Crippen molar-refractivity contribution in [2.75, 3.05) is 5.32 Å². The van der Waals surface area contributed by atoms with E-state index in [0.717, 1.165) is 0 Å². The number of amides is 2. The molecule has 0 aliphatic heterocycles. The number of hydrogen-bond donors (Lipinski definition) is 2. The number of hydrogen-bond acceptors (Lipinski definition) is 4. The lowest BCUT2D eigenvalue weighted by molar-refractivity contribution is -0.274. The fraction of sp³-hybridized carbons (Fsp3) is 0.188. The van der Waals surface area contributed by atoms with Gasteiger partial charge in [0, 0.05) is 25.2 Å². The summed E-state index contributed by atoms with van der Waals surface area (Å²) in [6.07, 6.45) is -3.42. The van der Waals surface area contributed by atoms with E-state index in [9.17, 15) is 22.8 Å². The molecule has 132 valence electrons. The molecule has 2 amide bonds. The highest BCUT2D eigenvalue weighted by Crippen LogP contribution is 2.23. The lowest BCUT2D eigenvalue weighted by Crippen LogP contribution is -2.23. The summed E-state index contributed by atoms with van der Waals surface area (Å²) in [5.41, 5.74) is 0.688. The molecule has 6 nitrogen and oxygen atoms in total. The van der Waals surface area contributed by atoms with Crippen molar-refractivity contribution < 1.29 is 27.5 Å². The van der Waals surface area contributed by atoms with Crippen LogP contribution in [-0.4, -0.2) is 23.2 Å². The minimum atomic E-state index is -4.78. The Balaban J connectivity index is 2.00. The average Bonchev–Trinajstić information content (AvgIpc) is 2.51. The number of carbonyl (C=O) groups excluding carboxylic acids is 2. The Morgan fingerprint density at radius 2 is 1.96 bits per heavy atom. The van der Waals surface area contributed by atoms with Crippen LogP contribution in [-0.2, 0) is 11.3 Å². The summed E-state index contributed by atoms with van der Waals surface area (Å²) in [6.45, 7) is 1.32. The maximum Gasteiger partial charge on any atom is 0.573 e. The number of pyridine rings is 1. The van der Waals surface area contributed by atoms with E-state index in [2.05, 4.69) is 20.4 Å². The molecule has 0 aliphatic carbocycles. The Morgan fingerprint density at radius 3 is 2.64 bits per heavy atom. The van der Waals surface area contributed by atoms with Crippen LogP contribution in [0.5, 0.6) is 5.75 Å². The van der Waals surface area contributed by atoms with Crippen LogP contribution in [0.3, 0.4) is 0 Å². The van der Waals surface area contributed by atoms with Crippen molar-refractivity contribution in [3.63, 3.8) is 0 Å². The standard InChI is InChI=1S/C16H14F3N3O3/c1-10(23)22-14-8-12(5-6-20-14)15(24)21-9-11-3-2-4-13(7-11)25-16(17,18)19/h2-8H,9H2,1H3,(H,21,24)(H,20,22,23). The van der Waals surface area contributed by atoms with Gasteiger partial charge in [0.15, 0.2) is 0 Å². The van der Waals surface area contributed by atoms with Gasteiger partial charge in [0.25, 0.3) is 5.91 Å². The zero-order valence-electron chi connectivity index (χ0n) is 13.1. The van der Waals surface area contributed by atoms with Crippen LogP contribution in [0.2, 0.25) is 0 Å². The molecule has 0 unspecified atom stereocenters. The SMILES string of the molecule is CC(=O)Nc1cc(C(=O)NCc2cccc(OC(F)(F)F)c2)ccn1. The van der Waals surface area contributed by atoms with Crippen LogP contribution in [0.4, 0.5) is 19.0 Å². The molecule has 2 rings (SSSR count). The molecule has 0 spiro atoms. The van der Waals surface area contributed by atoms with Crippen LogP contribution in [0.1, 0.15) is 22.8 Å². The van der Waals surface area contributed by atoms with E-state index >= 15 is 0 Å². The van der Waals surface area contributed by atoms with E-state index in [1.165, 1.54) is 43.5 Å². The number of alkyl halides is 3. The quantitative estimate of drug-likeness (QED) is 0.866. The maximum absolute atomic E-state index is 12.2. The minimum absolute atomic E-state index is 0.00564. The number of aromatic nitrogens is 1. The third-order valence-corrected chi connectivity index (χ3v) is 2.91. The van der Waals surface area contributed by atoms with E-state index in [0.29, 0.717) is 5.56 Å². The number of ether oxygens (including phenoxy) is 1. The van der Waals surface area contributed by atoms with E-state index < -0.39 is 12.3 Å². The average molecular weight is 353 g/mol. The van der Waals surface area contributed by atoms with Crippen molar-refractivity contribution in [1.82, 2.24) is 10.3 Å². The third kappa shape index (κ3) is 6.13. The first-order chi connectivity index (χ1) is 11.7. The van der Waals surface area contributed by atoms with Gasteiger partial charge >= 0.3 is 6.36 Å². The van der Waals surface area contributed by atoms with Crippen LogP contribution >= 0.6 is 0 Å². The normalized spacial score (nSPS) is 10.9. The predicted octanol–water partition coefficient (Wildman–Crippen LogP) is 2.87. The second-order valence-electron chi connectivity index (χ2n) is 4.99. The number of rotatable bonds is 5. The van der Waals surface area contributed by atoms with Crippen LogP contribution in [0.25, 0.3) is 0 Å². The molecule has 0 aliphatic rings. The van der Waals surface area contributed by atoms with Gasteiger partial charge in [-0.2, -0.15) is 0 Å². The second kappa shape index (κ2) is 7.65. The molecule has 9 heteroatoms. The molecular formula is C16H14F3N3O3. The molecule has 1 aromatic carbocycles. The van der Waals surface area contributed by atoms with Gasteiger partial charge in [-0.15, -0.1) is 13.2 Å². The molecular weight excluding hydrogens is 339 g/mol. The van der Waals surface area contributed by atoms with Crippen LogP contribution in [0.15, 0.2) is 42.6 Å². The van der Waals surface area contributed by atoms with Crippen molar-refractivity contribution in [3.05, 3.63) is 53.7 Å². The molecule has 0 fully saturated rings. The van der Waals surface area contributed by atoms with E-state index in [-0.39, 0.29) is 29.6 Å². The van der Waals surface area contributed by atoms with Gasteiger partial charge in [0.1, 0.15) is 11.6 Å². The topological polar surface area (TPSA) is 80.3 Å². The van der Waals surface area contributed by atoms with E-state index in [1.807, 2.05) is 0 Å². The van der Waals surface area contributed by atoms with Gasteiger partial charge < -0.3 is 15.4 Å². The highest BCUT2D eigenvalue weighted by Gasteiger charge is 2.31. The zero-order chi connectivity index (χ0) is 18.4. The molecule has 0 saturated heterocycles. The summed E-state index contributed by atoms with van der Waals surface area (Å²) in [5, 5.41) is 5.02. The van der Waals surface area contributed by atoms with Gasteiger partial charge in [-0.3, -0.25) is 9.59 Å². The summed E-state index contributed by atoms with van der Waals surface area (Å²) in [5.74, 6) is -0.931. The van der Waals surface area contributed by atoms with Crippen molar-refractivity contribution in [2.24, 2.45) is 0 Å². The molecule has 1 aromatic heterocycles. The highest BCUT2D eigenvalue weighted by atomic mass is 19.4.